The van der Waals surface area contributed by atoms with E-state index in [2.05, 4.69) is 24.3 Å². The molecule has 1 fully saturated rings. The van der Waals surface area contributed by atoms with Gasteiger partial charge in [0.15, 0.2) is 0 Å². The molecule has 1 aromatic rings. The number of thioether (sulfide) groups is 2. The van der Waals surface area contributed by atoms with Gasteiger partial charge in [0, 0.05) is 45.1 Å². The van der Waals surface area contributed by atoms with Crippen molar-refractivity contribution >= 4 is 29.2 Å². The van der Waals surface area contributed by atoms with E-state index < -0.39 is 0 Å². The number of nitrogen functional groups attached to an aromatic ring is 1. The first-order chi connectivity index (χ1) is 8.63. The van der Waals surface area contributed by atoms with Gasteiger partial charge in [-0.3, -0.25) is 16.3 Å². The lowest BCUT2D eigenvalue weighted by Gasteiger charge is -2.36. The van der Waals surface area contributed by atoms with E-state index in [1.54, 1.807) is 6.20 Å². The Kier molecular flexibility index (Phi) is 4.77. The van der Waals surface area contributed by atoms with Crippen molar-refractivity contribution in [2.45, 2.75) is 35.6 Å². The van der Waals surface area contributed by atoms with Crippen LogP contribution in [-0.4, -0.2) is 26.5 Å². The Hall–Kier alpha value is -0.430. The zero-order valence-corrected chi connectivity index (χ0v) is 12.3. The van der Waals surface area contributed by atoms with Crippen molar-refractivity contribution in [3.63, 3.8) is 0 Å². The second-order valence-electron chi connectivity index (χ2n) is 4.57. The summed E-state index contributed by atoms with van der Waals surface area (Å²) in [6, 6.07) is 1.89. The molecule has 1 aliphatic rings. The first kappa shape index (κ1) is 14.0. The molecule has 0 spiro atoms. The molecule has 1 saturated heterocycles. The topological polar surface area (TPSA) is 77.0 Å². The first-order valence-electron chi connectivity index (χ1n) is 6.06. The van der Waals surface area contributed by atoms with Gasteiger partial charge in [-0.1, -0.05) is 13.8 Å². The van der Waals surface area contributed by atoms with Crippen molar-refractivity contribution in [3.05, 3.63) is 24.0 Å². The van der Waals surface area contributed by atoms with Crippen molar-refractivity contribution in [2.75, 3.05) is 11.5 Å². The van der Waals surface area contributed by atoms with Crippen LogP contribution in [0.3, 0.4) is 0 Å². The van der Waals surface area contributed by atoms with E-state index >= 15 is 0 Å². The van der Waals surface area contributed by atoms with Crippen LogP contribution >= 0.6 is 23.5 Å². The lowest BCUT2D eigenvalue weighted by molar-refractivity contribution is 0.549. The minimum Gasteiger partial charge on any atom is -0.398 e. The van der Waals surface area contributed by atoms with Gasteiger partial charge in [-0.25, -0.2) is 0 Å². The van der Waals surface area contributed by atoms with Crippen molar-refractivity contribution < 1.29 is 0 Å². The molecule has 6 heteroatoms. The highest BCUT2D eigenvalue weighted by molar-refractivity contribution is 8.07. The SMILES string of the molecule is CC1SCC(C(NN)c2cnccc2N)SC1C. The van der Waals surface area contributed by atoms with Crippen LogP contribution in [0, 0.1) is 0 Å². The second kappa shape index (κ2) is 6.14. The van der Waals surface area contributed by atoms with Gasteiger partial charge in [0.1, 0.15) is 0 Å². The molecule has 4 nitrogen and oxygen atoms in total. The number of hydrogen-bond acceptors (Lipinski definition) is 6. The molecule has 4 atom stereocenters. The highest BCUT2D eigenvalue weighted by Gasteiger charge is 2.32. The minimum absolute atomic E-state index is 0.0613. The first-order valence-corrected chi connectivity index (χ1v) is 8.05. The van der Waals surface area contributed by atoms with E-state index in [9.17, 15) is 0 Å². The van der Waals surface area contributed by atoms with Gasteiger partial charge < -0.3 is 5.73 Å². The third-order valence-corrected chi connectivity index (χ3v) is 6.84. The van der Waals surface area contributed by atoms with Crippen LogP contribution in [0.15, 0.2) is 18.5 Å². The zero-order valence-electron chi connectivity index (χ0n) is 10.7. The molecule has 5 N–H and O–H groups in total. The summed E-state index contributed by atoms with van der Waals surface area (Å²) in [4.78, 5) is 4.15. The van der Waals surface area contributed by atoms with Gasteiger partial charge in [-0.2, -0.15) is 23.5 Å². The maximum atomic E-state index is 6.01. The minimum atomic E-state index is 0.0613. The number of hydrazine groups is 1. The van der Waals surface area contributed by atoms with Gasteiger partial charge in [0.2, 0.25) is 0 Å². The van der Waals surface area contributed by atoms with Gasteiger partial charge in [0.05, 0.1) is 6.04 Å². The average molecular weight is 284 g/mol. The predicted octanol–water partition coefficient (Wildman–Crippen LogP) is 1.79. The monoisotopic (exact) mass is 284 g/mol. The zero-order chi connectivity index (χ0) is 13.1. The summed E-state index contributed by atoms with van der Waals surface area (Å²) in [5.74, 6) is 6.81. The molecule has 0 radical (unpaired) electrons. The molecule has 0 bridgehead atoms. The number of nitrogens with zero attached hydrogens (tertiary/aromatic N) is 1. The summed E-state index contributed by atoms with van der Waals surface area (Å²) in [7, 11) is 0. The molecule has 4 unspecified atom stereocenters. The number of nitrogens with one attached hydrogen (secondary N) is 1. The summed E-state index contributed by atoms with van der Waals surface area (Å²) < 4.78 is 0. The number of pyridine rings is 1. The van der Waals surface area contributed by atoms with Crippen molar-refractivity contribution in [2.24, 2.45) is 5.84 Å². The van der Waals surface area contributed by atoms with Crippen LogP contribution in [0.4, 0.5) is 5.69 Å². The fraction of sp³-hybridized carbons (Fsp3) is 0.583. The molecule has 1 aromatic heterocycles. The molecule has 0 aromatic carbocycles. The molecule has 2 heterocycles. The Morgan fingerprint density at radius 1 is 1.44 bits per heavy atom. The summed E-state index contributed by atoms with van der Waals surface area (Å²) in [6.45, 7) is 4.55. The molecule has 0 saturated carbocycles. The molecule has 18 heavy (non-hydrogen) atoms. The normalized spacial score (nSPS) is 30.1. The van der Waals surface area contributed by atoms with Gasteiger partial charge >= 0.3 is 0 Å². The maximum Gasteiger partial charge on any atom is 0.0622 e. The quantitative estimate of drug-likeness (QED) is 0.580. The summed E-state index contributed by atoms with van der Waals surface area (Å²) in [5, 5.41) is 1.75. The number of aromatic nitrogens is 1. The van der Waals surface area contributed by atoms with E-state index in [1.165, 1.54) is 0 Å². The standard InChI is InChI=1S/C12H20N4S2/c1-7-8(2)18-11(6-17-7)12(16-14)9-5-15-4-3-10(9)13/h3-5,7-8,11-12,16H,6,14H2,1-2H3,(H2,13,15). The van der Waals surface area contributed by atoms with E-state index in [0.717, 1.165) is 17.0 Å². The third-order valence-electron chi connectivity index (χ3n) is 3.35. The Labute approximate surface area is 117 Å². The Bertz CT molecular complexity index is 401. The highest BCUT2D eigenvalue weighted by atomic mass is 32.2. The second-order valence-corrected chi connectivity index (χ2v) is 7.60. The number of rotatable bonds is 3. The van der Waals surface area contributed by atoms with E-state index in [0.29, 0.717) is 15.7 Å². The predicted molar refractivity (Wildman–Crippen MR) is 81.5 cm³/mol. The van der Waals surface area contributed by atoms with Gasteiger partial charge in [-0.15, -0.1) is 0 Å². The lowest BCUT2D eigenvalue weighted by atomic mass is 10.1. The lowest BCUT2D eigenvalue weighted by Crippen LogP contribution is -2.40. The average Bonchev–Trinajstić information content (AvgIpc) is 2.37. The highest BCUT2D eigenvalue weighted by Crippen LogP contribution is 2.41. The number of nitrogens with two attached hydrogens (primary N) is 2. The number of anilines is 1. The van der Waals surface area contributed by atoms with Crippen LogP contribution in [0.25, 0.3) is 0 Å². The van der Waals surface area contributed by atoms with Crippen LogP contribution in [0.5, 0.6) is 0 Å². The van der Waals surface area contributed by atoms with E-state index in [1.807, 2.05) is 35.8 Å². The van der Waals surface area contributed by atoms with Crippen LogP contribution in [0.1, 0.15) is 25.5 Å². The summed E-state index contributed by atoms with van der Waals surface area (Å²) in [6.07, 6.45) is 3.52. The largest absolute Gasteiger partial charge is 0.398 e. The molecule has 100 valence electrons. The van der Waals surface area contributed by atoms with Crippen LogP contribution in [-0.2, 0) is 0 Å². The molecule has 1 aliphatic heterocycles. The third kappa shape index (κ3) is 2.93. The van der Waals surface area contributed by atoms with Crippen LogP contribution < -0.4 is 17.0 Å². The van der Waals surface area contributed by atoms with E-state index in [4.69, 9.17) is 11.6 Å². The fourth-order valence-corrected chi connectivity index (χ4v) is 5.15. The van der Waals surface area contributed by atoms with Crippen LogP contribution in [0.2, 0.25) is 0 Å². The molecular formula is C12H20N4S2. The van der Waals surface area contributed by atoms with Crippen molar-refractivity contribution in [1.29, 1.82) is 0 Å². The van der Waals surface area contributed by atoms with Crippen molar-refractivity contribution in [1.82, 2.24) is 10.4 Å². The number of hydrogen-bond donors (Lipinski definition) is 3. The smallest absolute Gasteiger partial charge is 0.0622 e. The summed E-state index contributed by atoms with van der Waals surface area (Å²) in [5.41, 5.74) is 10.7. The van der Waals surface area contributed by atoms with E-state index in [-0.39, 0.29) is 6.04 Å². The van der Waals surface area contributed by atoms with Crippen molar-refractivity contribution in [3.8, 4) is 0 Å². The molecule has 0 amide bonds. The molecular weight excluding hydrogens is 264 g/mol. The Morgan fingerprint density at radius 3 is 2.83 bits per heavy atom. The molecule has 0 aliphatic carbocycles. The van der Waals surface area contributed by atoms with Gasteiger partial charge in [-0.05, 0) is 6.07 Å². The summed E-state index contributed by atoms with van der Waals surface area (Å²) >= 11 is 3.98. The molecule has 2 rings (SSSR count). The fourth-order valence-electron chi connectivity index (χ4n) is 2.06. The maximum absolute atomic E-state index is 6.01. The Morgan fingerprint density at radius 2 is 2.22 bits per heavy atom. The van der Waals surface area contributed by atoms with Gasteiger partial charge in [0.25, 0.3) is 0 Å². The Balaban J connectivity index is 2.17.